The Bertz CT molecular complexity index is 344. The van der Waals surface area contributed by atoms with Crippen LogP contribution in [0.25, 0.3) is 0 Å². The highest BCUT2D eigenvalue weighted by Gasteiger charge is 2.31. The summed E-state index contributed by atoms with van der Waals surface area (Å²) in [6, 6.07) is -0.381. The van der Waals surface area contributed by atoms with Gasteiger partial charge in [-0.3, -0.25) is 14.4 Å². The number of hydrogen-bond acceptors (Lipinski definition) is 4. The molecule has 2 amide bonds. The van der Waals surface area contributed by atoms with E-state index in [-0.39, 0.29) is 30.2 Å². The Morgan fingerprint density at radius 3 is 2.74 bits per heavy atom. The summed E-state index contributed by atoms with van der Waals surface area (Å²) in [6.45, 7) is 2.98. The highest BCUT2D eigenvalue weighted by Crippen LogP contribution is 2.15. The molecule has 1 aliphatic rings. The summed E-state index contributed by atoms with van der Waals surface area (Å²) < 4.78 is 4.52. The molecule has 1 saturated heterocycles. The summed E-state index contributed by atoms with van der Waals surface area (Å²) in [5, 5.41) is 2.77. The van der Waals surface area contributed by atoms with Gasteiger partial charge in [0.1, 0.15) is 6.04 Å². The van der Waals surface area contributed by atoms with Crippen molar-refractivity contribution in [1.82, 2.24) is 10.2 Å². The van der Waals surface area contributed by atoms with Gasteiger partial charge in [0.25, 0.3) is 0 Å². The Balaban J connectivity index is 2.34. The number of hydrogen-bond donors (Lipinski definition) is 1. The third-order valence-corrected chi connectivity index (χ3v) is 3.26. The molecule has 1 rings (SSSR count). The zero-order valence-corrected chi connectivity index (χ0v) is 11.6. The van der Waals surface area contributed by atoms with Gasteiger partial charge in [0, 0.05) is 25.9 Å². The minimum atomic E-state index is -0.381. The Kier molecular flexibility index (Phi) is 6.32. The van der Waals surface area contributed by atoms with Crippen LogP contribution in [0.3, 0.4) is 0 Å². The molecular formula is C13H22N2O4. The second-order valence-corrected chi connectivity index (χ2v) is 4.59. The number of esters is 1. The molecule has 19 heavy (non-hydrogen) atoms. The first-order valence-corrected chi connectivity index (χ1v) is 6.74. The molecule has 0 aromatic carbocycles. The van der Waals surface area contributed by atoms with Gasteiger partial charge in [-0.2, -0.15) is 0 Å². The molecule has 0 aromatic rings. The van der Waals surface area contributed by atoms with Crippen LogP contribution in [0, 0.1) is 0 Å². The summed E-state index contributed by atoms with van der Waals surface area (Å²) in [5.74, 6) is -0.366. The zero-order chi connectivity index (χ0) is 14.3. The van der Waals surface area contributed by atoms with Crippen molar-refractivity contribution in [3.05, 3.63) is 0 Å². The Morgan fingerprint density at radius 2 is 2.21 bits per heavy atom. The maximum Gasteiger partial charge on any atom is 0.305 e. The molecular weight excluding hydrogens is 248 g/mol. The number of carbonyl (C=O) groups excluding carboxylic acids is 3. The van der Waals surface area contributed by atoms with Crippen LogP contribution >= 0.6 is 0 Å². The fourth-order valence-corrected chi connectivity index (χ4v) is 2.21. The van der Waals surface area contributed by atoms with Crippen LogP contribution in [0.15, 0.2) is 0 Å². The first kappa shape index (κ1) is 15.5. The molecule has 6 nitrogen and oxygen atoms in total. The van der Waals surface area contributed by atoms with Crippen molar-refractivity contribution >= 4 is 17.8 Å². The average Bonchev–Trinajstić information content (AvgIpc) is 2.82. The lowest BCUT2D eigenvalue weighted by atomic mass is 10.1. The third kappa shape index (κ3) is 4.54. The molecule has 1 aliphatic heterocycles. The molecule has 0 aliphatic carbocycles. The molecule has 0 radical (unpaired) electrons. The highest BCUT2D eigenvalue weighted by molar-refractivity contribution is 5.88. The van der Waals surface area contributed by atoms with Crippen molar-refractivity contribution in [2.45, 2.75) is 45.1 Å². The number of carbonyl (C=O) groups is 3. The van der Waals surface area contributed by atoms with Crippen LogP contribution in [0.1, 0.15) is 39.0 Å². The summed E-state index contributed by atoms with van der Waals surface area (Å²) in [7, 11) is 1.34. The normalized spacial score (nSPS) is 16.3. The van der Waals surface area contributed by atoms with Crippen LogP contribution in [-0.2, 0) is 19.1 Å². The van der Waals surface area contributed by atoms with Crippen LogP contribution in [0.2, 0.25) is 0 Å². The molecule has 1 atom stereocenters. The van der Waals surface area contributed by atoms with Gasteiger partial charge in [-0.1, -0.05) is 6.92 Å². The molecule has 0 spiro atoms. The van der Waals surface area contributed by atoms with E-state index in [0.717, 1.165) is 6.42 Å². The minimum absolute atomic E-state index is 0.0524. The Morgan fingerprint density at radius 1 is 1.47 bits per heavy atom. The number of amides is 2. The zero-order valence-electron chi connectivity index (χ0n) is 11.6. The standard InChI is InChI=1S/C13H22N2O4/c1-3-10(15-9-5-6-11(15)16)13(18)14-8-4-7-12(17)19-2/h10H,3-9H2,1-2H3,(H,14,18). The number of rotatable bonds is 7. The van der Waals surface area contributed by atoms with Gasteiger partial charge in [-0.15, -0.1) is 0 Å². The molecule has 0 bridgehead atoms. The second-order valence-electron chi connectivity index (χ2n) is 4.59. The van der Waals surface area contributed by atoms with Gasteiger partial charge < -0.3 is 15.0 Å². The van der Waals surface area contributed by atoms with E-state index in [1.54, 1.807) is 4.90 Å². The number of methoxy groups -OCH3 is 1. The van der Waals surface area contributed by atoms with E-state index in [2.05, 4.69) is 10.1 Å². The van der Waals surface area contributed by atoms with Gasteiger partial charge in [-0.05, 0) is 19.3 Å². The van der Waals surface area contributed by atoms with E-state index in [9.17, 15) is 14.4 Å². The fourth-order valence-electron chi connectivity index (χ4n) is 2.21. The summed E-state index contributed by atoms with van der Waals surface area (Å²) in [6.07, 6.45) is 2.80. The lowest BCUT2D eigenvalue weighted by molar-refractivity contribution is -0.140. The third-order valence-electron chi connectivity index (χ3n) is 3.26. The van der Waals surface area contributed by atoms with Gasteiger partial charge in [0.2, 0.25) is 11.8 Å². The maximum absolute atomic E-state index is 12.0. The van der Waals surface area contributed by atoms with E-state index < -0.39 is 0 Å². The molecule has 1 unspecified atom stereocenters. The Labute approximate surface area is 113 Å². The molecule has 1 heterocycles. The van der Waals surface area contributed by atoms with Crippen LogP contribution in [0.4, 0.5) is 0 Å². The van der Waals surface area contributed by atoms with Gasteiger partial charge in [0.15, 0.2) is 0 Å². The number of nitrogens with zero attached hydrogens (tertiary/aromatic N) is 1. The van der Waals surface area contributed by atoms with E-state index in [1.165, 1.54) is 7.11 Å². The summed E-state index contributed by atoms with van der Waals surface area (Å²) >= 11 is 0. The first-order valence-electron chi connectivity index (χ1n) is 6.74. The number of nitrogens with one attached hydrogen (secondary N) is 1. The van der Waals surface area contributed by atoms with Crippen molar-refractivity contribution < 1.29 is 19.1 Å². The predicted molar refractivity (Wildman–Crippen MR) is 69.3 cm³/mol. The monoisotopic (exact) mass is 270 g/mol. The fraction of sp³-hybridized carbons (Fsp3) is 0.769. The van der Waals surface area contributed by atoms with Crippen LogP contribution in [0.5, 0.6) is 0 Å². The molecule has 6 heteroatoms. The first-order chi connectivity index (χ1) is 9.10. The average molecular weight is 270 g/mol. The lowest BCUT2D eigenvalue weighted by Gasteiger charge is -2.25. The predicted octanol–water partition coefficient (Wildman–Crippen LogP) is 0.457. The van der Waals surface area contributed by atoms with Crippen molar-refractivity contribution in [3.63, 3.8) is 0 Å². The van der Waals surface area contributed by atoms with Crippen LogP contribution < -0.4 is 5.32 Å². The van der Waals surface area contributed by atoms with E-state index in [0.29, 0.717) is 32.4 Å². The second kappa shape index (κ2) is 7.76. The molecule has 1 N–H and O–H groups in total. The molecule has 108 valence electrons. The minimum Gasteiger partial charge on any atom is -0.469 e. The quantitative estimate of drug-likeness (QED) is 0.538. The highest BCUT2D eigenvalue weighted by atomic mass is 16.5. The summed E-state index contributed by atoms with van der Waals surface area (Å²) in [4.78, 5) is 36.2. The van der Waals surface area contributed by atoms with Crippen molar-refractivity contribution in [1.29, 1.82) is 0 Å². The molecule has 0 saturated carbocycles. The smallest absolute Gasteiger partial charge is 0.305 e. The summed E-state index contributed by atoms with van der Waals surface area (Å²) in [5.41, 5.74) is 0. The molecule has 1 fully saturated rings. The van der Waals surface area contributed by atoms with Gasteiger partial charge in [-0.25, -0.2) is 0 Å². The van der Waals surface area contributed by atoms with Gasteiger partial charge in [0.05, 0.1) is 7.11 Å². The van der Waals surface area contributed by atoms with Crippen molar-refractivity contribution in [2.24, 2.45) is 0 Å². The number of ether oxygens (including phenoxy) is 1. The largest absolute Gasteiger partial charge is 0.469 e. The lowest BCUT2D eigenvalue weighted by Crippen LogP contribution is -2.47. The van der Waals surface area contributed by atoms with Crippen molar-refractivity contribution in [2.75, 3.05) is 20.2 Å². The van der Waals surface area contributed by atoms with Gasteiger partial charge >= 0.3 is 5.97 Å². The van der Waals surface area contributed by atoms with Crippen LogP contribution in [-0.4, -0.2) is 48.9 Å². The van der Waals surface area contributed by atoms with Crippen molar-refractivity contribution in [3.8, 4) is 0 Å². The van der Waals surface area contributed by atoms with E-state index in [4.69, 9.17) is 0 Å². The molecule has 0 aromatic heterocycles. The maximum atomic E-state index is 12.0. The van der Waals surface area contributed by atoms with E-state index in [1.807, 2.05) is 6.92 Å². The Hall–Kier alpha value is -1.59. The SMILES string of the molecule is CCC(C(=O)NCCCC(=O)OC)N1CCCC1=O. The topological polar surface area (TPSA) is 75.7 Å². The number of likely N-dealkylation sites (tertiary alicyclic amines) is 1. The van der Waals surface area contributed by atoms with E-state index >= 15 is 0 Å².